The lowest BCUT2D eigenvalue weighted by molar-refractivity contribution is -0.120. The van der Waals surface area contributed by atoms with Gasteiger partial charge in [-0.3, -0.25) is 4.79 Å². The molecule has 1 fully saturated rings. The van der Waals surface area contributed by atoms with E-state index < -0.39 is 0 Å². The molecule has 1 heterocycles. The van der Waals surface area contributed by atoms with Gasteiger partial charge in [-0.25, -0.2) is 0 Å². The third kappa shape index (κ3) is 4.00. The number of piperidine rings is 1. The monoisotopic (exact) mass is 268 g/mol. The maximum atomic E-state index is 12.1. The predicted octanol–water partition coefficient (Wildman–Crippen LogP) is 2.74. The van der Waals surface area contributed by atoms with Crippen LogP contribution in [0.4, 0.5) is 5.69 Å². The van der Waals surface area contributed by atoms with Crippen LogP contribution in [0.3, 0.4) is 0 Å². The number of hydrogen-bond donors (Lipinski definition) is 2. The lowest BCUT2D eigenvalue weighted by atomic mass is 9.92. The van der Waals surface area contributed by atoms with Gasteiger partial charge in [0.05, 0.1) is 0 Å². The average Bonchev–Trinajstić information content (AvgIpc) is 2.29. The maximum absolute atomic E-state index is 12.1. The van der Waals surface area contributed by atoms with E-state index in [2.05, 4.69) is 17.6 Å². The smallest absolute Gasteiger partial charge is 0.227 e. The molecule has 2 atom stereocenters. The minimum absolute atomic E-state index is 0. The van der Waals surface area contributed by atoms with E-state index in [-0.39, 0.29) is 24.2 Å². The highest BCUT2D eigenvalue weighted by Gasteiger charge is 2.24. The van der Waals surface area contributed by atoms with Crippen LogP contribution in [-0.2, 0) is 4.79 Å². The summed E-state index contributed by atoms with van der Waals surface area (Å²) in [6.45, 7) is 5.10. The first-order valence-electron chi connectivity index (χ1n) is 6.26. The summed E-state index contributed by atoms with van der Waals surface area (Å²) in [5, 5.41) is 6.37. The van der Waals surface area contributed by atoms with Crippen LogP contribution < -0.4 is 10.6 Å². The molecule has 0 aromatic heterocycles. The van der Waals surface area contributed by atoms with Gasteiger partial charge in [0.25, 0.3) is 0 Å². The quantitative estimate of drug-likeness (QED) is 0.866. The molecule has 18 heavy (non-hydrogen) atoms. The Morgan fingerprint density at radius 2 is 2.22 bits per heavy atom. The number of rotatable bonds is 2. The van der Waals surface area contributed by atoms with Gasteiger partial charge in [-0.15, -0.1) is 12.4 Å². The van der Waals surface area contributed by atoms with Crippen LogP contribution >= 0.6 is 12.4 Å². The van der Waals surface area contributed by atoms with Crippen LogP contribution in [0.5, 0.6) is 0 Å². The van der Waals surface area contributed by atoms with Crippen molar-refractivity contribution in [1.29, 1.82) is 0 Å². The molecule has 100 valence electrons. The number of benzene rings is 1. The topological polar surface area (TPSA) is 41.1 Å². The van der Waals surface area contributed by atoms with Crippen molar-refractivity contribution in [3.8, 4) is 0 Å². The zero-order valence-corrected chi connectivity index (χ0v) is 11.7. The SMILES string of the molecule is Cc1cccc(NC(=O)[C@H]2CCN[C@@H](C)C2)c1.Cl. The molecule has 0 unspecified atom stereocenters. The summed E-state index contributed by atoms with van der Waals surface area (Å²) in [7, 11) is 0. The number of halogens is 1. The van der Waals surface area contributed by atoms with Crippen LogP contribution in [0, 0.1) is 12.8 Å². The number of nitrogens with one attached hydrogen (secondary N) is 2. The predicted molar refractivity (Wildman–Crippen MR) is 77.2 cm³/mol. The van der Waals surface area contributed by atoms with Gasteiger partial charge in [0, 0.05) is 17.6 Å². The second kappa shape index (κ2) is 6.76. The van der Waals surface area contributed by atoms with Crippen molar-refractivity contribution in [2.45, 2.75) is 32.7 Å². The van der Waals surface area contributed by atoms with E-state index >= 15 is 0 Å². The average molecular weight is 269 g/mol. The number of amides is 1. The fraction of sp³-hybridized carbons (Fsp3) is 0.500. The standard InChI is InChI=1S/C14H20N2O.ClH/c1-10-4-3-5-13(8-10)16-14(17)12-6-7-15-11(2)9-12;/h3-5,8,11-12,15H,6-7,9H2,1-2H3,(H,16,17);1H/t11-,12-;/m0./s1. The third-order valence-corrected chi connectivity index (χ3v) is 3.28. The first-order chi connectivity index (χ1) is 8.15. The maximum Gasteiger partial charge on any atom is 0.227 e. The molecule has 0 aliphatic carbocycles. The lowest BCUT2D eigenvalue weighted by Crippen LogP contribution is -2.40. The molecule has 0 bridgehead atoms. The van der Waals surface area contributed by atoms with E-state index in [1.54, 1.807) is 0 Å². The van der Waals surface area contributed by atoms with Gasteiger partial charge in [-0.05, 0) is 50.9 Å². The fourth-order valence-corrected chi connectivity index (χ4v) is 2.34. The molecular formula is C14H21ClN2O. The molecule has 1 amide bonds. The van der Waals surface area contributed by atoms with E-state index in [0.717, 1.165) is 25.1 Å². The van der Waals surface area contributed by atoms with E-state index in [0.29, 0.717) is 6.04 Å². The summed E-state index contributed by atoms with van der Waals surface area (Å²) in [4.78, 5) is 12.1. The van der Waals surface area contributed by atoms with Crippen molar-refractivity contribution in [1.82, 2.24) is 5.32 Å². The lowest BCUT2D eigenvalue weighted by Gasteiger charge is -2.27. The molecule has 1 aliphatic rings. The first-order valence-corrected chi connectivity index (χ1v) is 6.26. The molecule has 0 radical (unpaired) electrons. The Morgan fingerprint density at radius 1 is 1.44 bits per heavy atom. The van der Waals surface area contributed by atoms with Crippen LogP contribution in [0.1, 0.15) is 25.3 Å². The summed E-state index contributed by atoms with van der Waals surface area (Å²) in [6.07, 6.45) is 1.86. The fourth-order valence-electron chi connectivity index (χ4n) is 2.34. The Morgan fingerprint density at radius 3 is 2.89 bits per heavy atom. The zero-order valence-electron chi connectivity index (χ0n) is 10.9. The van der Waals surface area contributed by atoms with Gasteiger partial charge >= 0.3 is 0 Å². The Kier molecular flexibility index (Phi) is 5.63. The van der Waals surface area contributed by atoms with E-state index in [1.807, 2.05) is 31.2 Å². The summed E-state index contributed by atoms with van der Waals surface area (Å²) in [5.74, 6) is 0.302. The molecule has 0 spiro atoms. The second-order valence-corrected chi connectivity index (χ2v) is 4.94. The molecule has 1 aromatic carbocycles. The molecule has 1 aliphatic heterocycles. The van der Waals surface area contributed by atoms with Gasteiger partial charge in [-0.2, -0.15) is 0 Å². The van der Waals surface area contributed by atoms with Crippen molar-refractivity contribution >= 4 is 24.0 Å². The molecule has 0 saturated carbocycles. The van der Waals surface area contributed by atoms with Crippen LogP contribution in [-0.4, -0.2) is 18.5 Å². The van der Waals surface area contributed by atoms with Crippen LogP contribution in [0.15, 0.2) is 24.3 Å². The molecule has 2 rings (SSSR count). The molecule has 1 aromatic rings. The number of hydrogen-bond acceptors (Lipinski definition) is 2. The summed E-state index contributed by atoms with van der Waals surface area (Å²) in [5.41, 5.74) is 2.07. The Bertz CT molecular complexity index is 409. The van der Waals surface area contributed by atoms with Crippen LogP contribution in [0.25, 0.3) is 0 Å². The molecule has 1 saturated heterocycles. The highest BCUT2D eigenvalue weighted by Crippen LogP contribution is 2.19. The Balaban J connectivity index is 0.00000162. The first kappa shape index (κ1) is 15.0. The minimum Gasteiger partial charge on any atom is -0.326 e. The molecular weight excluding hydrogens is 248 g/mol. The Labute approximate surface area is 115 Å². The summed E-state index contributed by atoms with van der Waals surface area (Å²) in [6, 6.07) is 8.38. The normalized spacial score (nSPS) is 23.0. The largest absolute Gasteiger partial charge is 0.326 e. The number of anilines is 1. The van der Waals surface area contributed by atoms with Crippen molar-refractivity contribution < 1.29 is 4.79 Å². The second-order valence-electron chi connectivity index (χ2n) is 4.94. The van der Waals surface area contributed by atoms with E-state index in [1.165, 1.54) is 5.56 Å². The van der Waals surface area contributed by atoms with Crippen molar-refractivity contribution in [3.63, 3.8) is 0 Å². The van der Waals surface area contributed by atoms with Gasteiger partial charge in [0.15, 0.2) is 0 Å². The van der Waals surface area contributed by atoms with E-state index in [9.17, 15) is 4.79 Å². The Hall–Kier alpha value is -1.06. The highest BCUT2D eigenvalue weighted by molar-refractivity contribution is 5.92. The number of aryl methyl sites for hydroxylation is 1. The van der Waals surface area contributed by atoms with Crippen molar-refractivity contribution in [2.75, 3.05) is 11.9 Å². The minimum atomic E-state index is 0. The van der Waals surface area contributed by atoms with Gasteiger partial charge in [0.2, 0.25) is 5.91 Å². The summed E-state index contributed by atoms with van der Waals surface area (Å²) < 4.78 is 0. The zero-order chi connectivity index (χ0) is 12.3. The molecule has 4 heteroatoms. The van der Waals surface area contributed by atoms with Crippen LogP contribution in [0.2, 0.25) is 0 Å². The van der Waals surface area contributed by atoms with Crippen molar-refractivity contribution in [2.24, 2.45) is 5.92 Å². The van der Waals surface area contributed by atoms with E-state index in [4.69, 9.17) is 0 Å². The van der Waals surface area contributed by atoms with Gasteiger partial charge < -0.3 is 10.6 Å². The molecule has 3 nitrogen and oxygen atoms in total. The highest BCUT2D eigenvalue weighted by atomic mass is 35.5. The molecule has 2 N–H and O–H groups in total. The van der Waals surface area contributed by atoms with Gasteiger partial charge in [0.1, 0.15) is 0 Å². The third-order valence-electron chi connectivity index (χ3n) is 3.28. The number of carbonyl (C=O) groups excluding carboxylic acids is 1. The summed E-state index contributed by atoms with van der Waals surface area (Å²) >= 11 is 0. The van der Waals surface area contributed by atoms with Gasteiger partial charge in [-0.1, -0.05) is 12.1 Å². The number of carbonyl (C=O) groups is 1. The van der Waals surface area contributed by atoms with Crippen molar-refractivity contribution in [3.05, 3.63) is 29.8 Å².